The van der Waals surface area contributed by atoms with Crippen LogP contribution in [0.25, 0.3) is 0 Å². The minimum absolute atomic E-state index is 0.166. The third kappa shape index (κ3) is 5.32. The van der Waals surface area contributed by atoms with Gasteiger partial charge in [0, 0.05) is 30.8 Å². The number of aliphatic carboxylic acids is 1. The van der Waals surface area contributed by atoms with Crippen molar-refractivity contribution in [3.05, 3.63) is 21.3 Å². The van der Waals surface area contributed by atoms with Crippen LogP contribution in [0, 0.1) is 5.92 Å². The van der Waals surface area contributed by atoms with Crippen LogP contribution in [0.1, 0.15) is 37.0 Å². The molecule has 1 aliphatic rings. The predicted molar refractivity (Wildman–Crippen MR) is 83.8 cm³/mol. The van der Waals surface area contributed by atoms with Crippen molar-refractivity contribution in [1.29, 1.82) is 0 Å². The van der Waals surface area contributed by atoms with Crippen molar-refractivity contribution in [2.24, 2.45) is 5.92 Å². The Morgan fingerprint density at radius 1 is 1.38 bits per heavy atom. The molecule has 6 heteroatoms. The number of hydrogen-bond donors (Lipinski definition) is 1. The van der Waals surface area contributed by atoms with E-state index < -0.39 is 5.97 Å². The number of carboxylic acids is 1. The minimum Gasteiger partial charge on any atom is -0.481 e. The van der Waals surface area contributed by atoms with Crippen LogP contribution in [0.3, 0.4) is 0 Å². The smallest absolute Gasteiger partial charge is 0.303 e. The molecule has 1 aromatic rings. The van der Waals surface area contributed by atoms with Crippen LogP contribution in [0.5, 0.6) is 0 Å². The molecule has 1 aliphatic heterocycles. The molecule has 2 rings (SSSR count). The Morgan fingerprint density at radius 2 is 2.19 bits per heavy atom. The van der Waals surface area contributed by atoms with E-state index in [0.717, 1.165) is 35.0 Å². The van der Waals surface area contributed by atoms with Crippen molar-refractivity contribution < 1.29 is 14.7 Å². The van der Waals surface area contributed by atoms with Crippen molar-refractivity contribution in [1.82, 2.24) is 4.90 Å². The van der Waals surface area contributed by atoms with E-state index in [9.17, 15) is 9.59 Å². The summed E-state index contributed by atoms with van der Waals surface area (Å²) in [7, 11) is 0. The van der Waals surface area contributed by atoms with Crippen molar-refractivity contribution in [2.75, 3.05) is 13.1 Å². The van der Waals surface area contributed by atoms with E-state index in [-0.39, 0.29) is 12.3 Å². The Hall–Kier alpha value is -1.07. The average Bonchev–Trinajstić information content (AvgIpc) is 2.88. The fraction of sp³-hybridized carbons (Fsp3) is 0.600. The van der Waals surface area contributed by atoms with Crippen LogP contribution in [0.15, 0.2) is 12.1 Å². The normalized spacial score (nSPS) is 18.7. The number of carboxylic acid groups (broad SMARTS) is 1. The number of hydrogen-bond acceptors (Lipinski definition) is 3. The largest absolute Gasteiger partial charge is 0.481 e. The lowest BCUT2D eigenvalue weighted by molar-refractivity contribution is -0.137. The highest BCUT2D eigenvalue weighted by molar-refractivity contribution is 7.16. The molecule has 1 N–H and O–H groups in total. The second-order valence-corrected chi connectivity index (χ2v) is 7.29. The summed E-state index contributed by atoms with van der Waals surface area (Å²) in [6.45, 7) is 1.50. The van der Waals surface area contributed by atoms with E-state index in [0.29, 0.717) is 25.3 Å². The molecular formula is C15H20ClNO3S. The summed E-state index contributed by atoms with van der Waals surface area (Å²) in [5, 5.41) is 8.74. The molecule has 1 amide bonds. The lowest BCUT2D eigenvalue weighted by atomic mass is 9.93. The number of rotatable bonds is 6. The van der Waals surface area contributed by atoms with E-state index in [2.05, 4.69) is 0 Å². The molecule has 0 aliphatic carbocycles. The Balaban J connectivity index is 1.77. The molecule has 0 radical (unpaired) electrons. The number of nitrogens with zero attached hydrogens (tertiary/aromatic N) is 1. The van der Waals surface area contributed by atoms with Crippen LogP contribution in [0.4, 0.5) is 0 Å². The highest BCUT2D eigenvalue weighted by atomic mass is 35.5. The first-order valence-corrected chi connectivity index (χ1v) is 8.48. The van der Waals surface area contributed by atoms with Gasteiger partial charge in [0.05, 0.1) is 4.34 Å². The highest BCUT2D eigenvalue weighted by Crippen LogP contribution is 2.24. The van der Waals surface area contributed by atoms with Gasteiger partial charge in [0.15, 0.2) is 0 Å². The summed E-state index contributed by atoms with van der Waals surface area (Å²) in [4.78, 5) is 25.9. The fourth-order valence-corrected chi connectivity index (χ4v) is 3.82. The third-order valence-electron chi connectivity index (χ3n) is 3.85. The summed E-state index contributed by atoms with van der Waals surface area (Å²) in [5.74, 6) is -0.262. The molecule has 1 atom stereocenters. The monoisotopic (exact) mass is 329 g/mol. The van der Waals surface area contributed by atoms with Crippen LogP contribution in [0.2, 0.25) is 4.34 Å². The molecule has 0 spiro atoms. The number of aryl methyl sites for hydroxylation is 1. The Morgan fingerprint density at radius 3 is 2.86 bits per heavy atom. The van der Waals surface area contributed by atoms with Gasteiger partial charge < -0.3 is 10.0 Å². The number of piperidine rings is 1. The molecular weight excluding hydrogens is 310 g/mol. The van der Waals surface area contributed by atoms with E-state index in [1.54, 1.807) is 0 Å². The fourth-order valence-electron chi connectivity index (χ4n) is 2.73. The standard InChI is InChI=1S/C15H20ClNO3S/c16-13-6-4-12(21-13)5-7-14(18)17-9-1-2-11(10-17)3-8-15(19)20/h4,6,11H,1-3,5,7-10H2,(H,19,20)/t11-/m1/s1. The molecule has 1 saturated heterocycles. The number of likely N-dealkylation sites (tertiary alicyclic amines) is 1. The molecule has 0 bridgehead atoms. The number of carbonyl (C=O) groups is 2. The highest BCUT2D eigenvalue weighted by Gasteiger charge is 2.23. The van der Waals surface area contributed by atoms with Crippen LogP contribution in [-0.4, -0.2) is 35.0 Å². The van der Waals surface area contributed by atoms with Gasteiger partial charge in [-0.15, -0.1) is 11.3 Å². The number of halogens is 1. The molecule has 1 fully saturated rings. The minimum atomic E-state index is -0.756. The van der Waals surface area contributed by atoms with E-state index >= 15 is 0 Å². The summed E-state index contributed by atoms with van der Waals surface area (Å²) in [6.07, 6.45) is 4.09. The summed E-state index contributed by atoms with van der Waals surface area (Å²) in [5.41, 5.74) is 0. The summed E-state index contributed by atoms with van der Waals surface area (Å²) >= 11 is 7.40. The van der Waals surface area contributed by atoms with Gasteiger partial charge in [-0.3, -0.25) is 9.59 Å². The van der Waals surface area contributed by atoms with E-state index in [1.165, 1.54) is 11.3 Å². The second-order valence-electron chi connectivity index (χ2n) is 5.49. The zero-order valence-corrected chi connectivity index (χ0v) is 13.5. The van der Waals surface area contributed by atoms with Crippen LogP contribution in [-0.2, 0) is 16.0 Å². The SMILES string of the molecule is O=C(O)CC[C@H]1CCCN(C(=O)CCc2ccc(Cl)s2)C1. The first kappa shape index (κ1) is 16.3. The summed E-state index contributed by atoms with van der Waals surface area (Å²) < 4.78 is 0.754. The average molecular weight is 330 g/mol. The molecule has 4 nitrogen and oxygen atoms in total. The molecule has 116 valence electrons. The Bertz CT molecular complexity index is 503. The quantitative estimate of drug-likeness (QED) is 0.869. The van der Waals surface area contributed by atoms with E-state index in [1.807, 2.05) is 17.0 Å². The first-order chi connectivity index (χ1) is 10.0. The van der Waals surface area contributed by atoms with Crippen molar-refractivity contribution in [3.8, 4) is 0 Å². The molecule has 0 saturated carbocycles. The molecule has 2 heterocycles. The molecule has 21 heavy (non-hydrogen) atoms. The third-order valence-corrected chi connectivity index (χ3v) is 5.14. The van der Waals surface area contributed by atoms with Crippen LogP contribution < -0.4 is 0 Å². The van der Waals surface area contributed by atoms with E-state index in [4.69, 9.17) is 16.7 Å². The number of thiophene rings is 1. The van der Waals surface area contributed by atoms with Crippen molar-refractivity contribution in [3.63, 3.8) is 0 Å². The zero-order valence-electron chi connectivity index (χ0n) is 11.9. The maximum Gasteiger partial charge on any atom is 0.303 e. The van der Waals surface area contributed by atoms with Crippen molar-refractivity contribution in [2.45, 2.75) is 38.5 Å². The molecule has 1 aromatic heterocycles. The topological polar surface area (TPSA) is 57.6 Å². The van der Waals surface area contributed by atoms with Crippen LogP contribution >= 0.6 is 22.9 Å². The van der Waals surface area contributed by atoms with Gasteiger partial charge in [0.1, 0.15) is 0 Å². The van der Waals surface area contributed by atoms with Crippen molar-refractivity contribution >= 4 is 34.8 Å². The molecule has 0 aromatic carbocycles. The Labute approximate surface area is 133 Å². The maximum absolute atomic E-state index is 12.2. The van der Waals surface area contributed by atoms with Gasteiger partial charge in [-0.1, -0.05) is 11.6 Å². The lowest BCUT2D eigenvalue weighted by Gasteiger charge is -2.32. The van der Waals surface area contributed by atoms with Gasteiger partial charge >= 0.3 is 5.97 Å². The van der Waals surface area contributed by atoms with Gasteiger partial charge in [0.2, 0.25) is 5.91 Å². The molecule has 0 unspecified atom stereocenters. The number of carbonyl (C=O) groups excluding carboxylic acids is 1. The first-order valence-electron chi connectivity index (χ1n) is 7.28. The summed E-state index contributed by atoms with van der Waals surface area (Å²) in [6, 6.07) is 3.82. The zero-order chi connectivity index (χ0) is 15.2. The number of amides is 1. The maximum atomic E-state index is 12.2. The Kier molecular flexibility index (Phi) is 6.06. The lowest BCUT2D eigenvalue weighted by Crippen LogP contribution is -2.40. The predicted octanol–water partition coefficient (Wildman–Crippen LogP) is 3.44. The van der Waals surface area contributed by atoms with Gasteiger partial charge in [-0.05, 0) is 43.7 Å². The van der Waals surface area contributed by atoms with Gasteiger partial charge in [-0.2, -0.15) is 0 Å². The second kappa shape index (κ2) is 7.80. The van der Waals surface area contributed by atoms with Gasteiger partial charge in [0.25, 0.3) is 0 Å². The van der Waals surface area contributed by atoms with Gasteiger partial charge in [-0.25, -0.2) is 0 Å².